The van der Waals surface area contributed by atoms with Crippen molar-refractivity contribution in [2.75, 3.05) is 0 Å². The van der Waals surface area contributed by atoms with Gasteiger partial charge in [0.1, 0.15) is 5.82 Å². The van der Waals surface area contributed by atoms with Gasteiger partial charge in [0.2, 0.25) is 0 Å². The maximum Gasteiger partial charge on any atom is 0.164 e. The minimum atomic E-state index is -0.494. The first-order chi connectivity index (χ1) is 9.13. The van der Waals surface area contributed by atoms with Gasteiger partial charge in [-0.05, 0) is 18.6 Å². The average Bonchev–Trinajstić information content (AvgIpc) is 2.42. The predicted molar refractivity (Wildman–Crippen MR) is 73.9 cm³/mol. The smallest absolute Gasteiger partial charge is 0.164 e. The van der Waals surface area contributed by atoms with E-state index in [0.29, 0.717) is 23.1 Å². The van der Waals surface area contributed by atoms with Crippen LogP contribution in [0.4, 0.5) is 4.39 Å². The molecule has 0 fully saturated rings. The quantitative estimate of drug-likeness (QED) is 0.769. The second kappa shape index (κ2) is 5.93. The van der Waals surface area contributed by atoms with E-state index in [1.807, 2.05) is 6.92 Å². The van der Waals surface area contributed by atoms with Crippen LogP contribution in [0.3, 0.4) is 0 Å². The molecule has 0 unspecified atom stereocenters. The zero-order valence-corrected chi connectivity index (χ0v) is 11.2. The Kier molecular flexibility index (Phi) is 4.27. The maximum atomic E-state index is 13.9. The summed E-state index contributed by atoms with van der Waals surface area (Å²) in [6, 6.07) is 6.42. The van der Waals surface area contributed by atoms with E-state index in [2.05, 4.69) is 4.98 Å². The highest BCUT2D eigenvalue weighted by atomic mass is 35.5. The summed E-state index contributed by atoms with van der Waals surface area (Å²) >= 11 is 5.75. The van der Waals surface area contributed by atoms with E-state index in [9.17, 15) is 9.18 Å². The fourth-order valence-electron chi connectivity index (χ4n) is 1.84. The lowest BCUT2D eigenvalue weighted by molar-refractivity contribution is 0.0981. The molecule has 2 rings (SSSR count). The Balaban J connectivity index is 2.43. The number of aromatic nitrogens is 1. The Bertz CT molecular complexity index is 613. The number of ketones is 1. The summed E-state index contributed by atoms with van der Waals surface area (Å²) in [7, 11) is 0. The molecule has 0 aliphatic rings. The number of pyridine rings is 1. The first kappa shape index (κ1) is 13.7. The SMILES string of the molecule is CCCC(=O)c1cncc(-c2cccc(Cl)c2F)c1. The predicted octanol–water partition coefficient (Wildman–Crippen LogP) is 4.52. The molecule has 0 bridgehead atoms. The number of nitrogens with zero attached hydrogens (tertiary/aromatic N) is 1. The summed E-state index contributed by atoms with van der Waals surface area (Å²) in [6.45, 7) is 1.94. The third kappa shape index (κ3) is 2.99. The number of benzene rings is 1. The number of hydrogen-bond donors (Lipinski definition) is 0. The highest BCUT2D eigenvalue weighted by Gasteiger charge is 2.11. The molecule has 0 aliphatic carbocycles. The van der Waals surface area contributed by atoms with E-state index in [0.717, 1.165) is 6.42 Å². The van der Waals surface area contributed by atoms with Crippen molar-refractivity contribution in [3.8, 4) is 11.1 Å². The van der Waals surface area contributed by atoms with E-state index >= 15 is 0 Å². The van der Waals surface area contributed by atoms with Crippen LogP contribution in [0.2, 0.25) is 5.02 Å². The van der Waals surface area contributed by atoms with E-state index < -0.39 is 5.82 Å². The van der Waals surface area contributed by atoms with E-state index in [1.54, 1.807) is 18.2 Å². The summed E-state index contributed by atoms with van der Waals surface area (Å²) < 4.78 is 13.9. The van der Waals surface area contributed by atoms with Gasteiger partial charge in [-0.1, -0.05) is 30.7 Å². The van der Waals surface area contributed by atoms with Crippen molar-refractivity contribution in [2.45, 2.75) is 19.8 Å². The van der Waals surface area contributed by atoms with Crippen molar-refractivity contribution < 1.29 is 9.18 Å². The van der Waals surface area contributed by atoms with Crippen molar-refractivity contribution >= 4 is 17.4 Å². The van der Waals surface area contributed by atoms with Crippen LogP contribution < -0.4 is 0 Å². The van der Waals surface area contributed by atoms with Crippen LogP contribution in [0, 0.1) is 5.82 Å². The largest absolute Gasteiger partial charge is 0.294 e. The monoisotopic (exact) mass is 277 g/mol. The Labute approximate surface area is 116 Å². The highest BCUT2D eigenvalue weighted by molar-refractivity contribution is 6.31. The van der Waals surface area contributed by atoms with E-state index in [4.69, 9.17) is 11.6 Å². The van der Waals surface area contributed by atoms with Crippen LogP contribution >= 0.6 is 11.6 Å². The van der Waals surface area contributed by atoms with Crippen LogP contribution in [0.1, 0.15) is 30.1 Å². The van der Waals surface area contributed by atoms with Crippen LogP contribution in [0.5, 0.6) is 0 Å². The average molecular weight is 278 g/mol. The Hall–Kier alpha value is -1.74. The molecular weight excluding hydrogens is 265 g/mol. The minimum absolute atomic E-state index is 0.0132. The van der Waals surface area contributed by atoms with Crippen LogP contribution in [0.25, 0.3) is 11.1 Å². The van der Waals surface area contributed by atoms with Gasteiger partial charge in [0.25, 0.3) is 0 Å². The summed E-state index contributed by atoms with van der Waals surface area (Å²) in [6.07, 6.45) is 4.26. The van der Waals surface area contributed by atoms with Gasteiger partial charge in [-0.2, -0.15) is 0 Å². The lowest BCUT2D eigenvalue weighted by Gasteiger charge is -2.06. The third-order valence-electron chi connectivity index (χ3n) is 2.80. The molecule has 0 saturated carbocycles. The van der Waals surface area contributed by atoms with Gasteiger partial charge in [-0.25, -0.2) is 4.39 Å². The van der Waals surface area contributed by atoms with Crippen LogP contribution in [-0.2, 0) is 0 Å². The van der Waals surface area contributed by atoms with Crippen molar-refractivity contribution in [1.29, 1.82) is 0 Å². The number of Topliss-reactive ketones (excluding diaryl/α,β-unsaturated/α-hetero) is 1. The molecule has 0 spiro atoms. The molecule has 2 aromatic rings. The summed E-state index contributed by atoms with van der Waals surface area (Å²) in [5.41, 5.74) is 1.41. The molecule has 0 radical (unpaired) electrons. The Morgan fingerprint density at radius 3 is 2.89 bits per heavy atom. The molecule has 0 amide bonds. The van der Waals surface area contributed by atoms with Gasteiger partial charge in [0.15, 0.2) is 5.78 Å². The number of hydrogen-bond acceptors (Lipinski definition) is 2. The molecule has 4 heteroatoms. The zero-order chi connectivity index (χ0) is 13.8. The highest BCUT2D eigenvalue weighted by Crippen LogP contribution is 2.27. The third-order valence-corrected chi connectivity index (χ3v) is 3.09. The Morgan fingerprint density at radius 2 is 2.16 bits per heavy atom. The van der Waals surface area contributed by atoms with Crippen molar-refractivity contribution in [2.24, 2.45) is 0 Å². The second-order valence-corrected chi connectivity index (χ2v) is 4.64. The van der Waals surface area contributed by atoms with Gasteiger partial charge in [0.05, 0.1) is 5.02 Å². The number of halogens is 2. The van der Waals surface area contributed by atoms with Gasteiger partial charge in [0, 0.05) is 35.5 Å². The molecule has 0 N–H and O–H groups in total. The summed E-state index contributed by atoms with van der Waals surface area (Å²) in [4.78, 5) is 15.8. The topological polar surface area (TPSA) is 30.0 Å². The maximum absolute atomic E-state index is 13.9. The Morgan fingerprint density at radius 1 is 1.37 bits per heavy atom. The molecule has 0 saturated heterocycles. The lowest BCUT2D eigenvalue weighted by Crippen LogP contribution is -1.99. The number of carbonyl (C=O) groups is 1. The van der Waals surface area contributed by atoms with Gasteiger partial charge in [-0.15, -0.1) is 0 Å². The standard InChI is InChI=1S/C15H13ClFNO/c1-2-4-14(19)11-7-10(8-18-9-11)12-5-3-6-13(16)15(12)17/h3,5-9H,2,4H2,1H3. The van der Waals surface area contributed by atoms with Gasteiger partial charge in [-0.3, -0.25) is 9.78 Å². The molecule has 1 heterocycles. The van der Waals surface area contributed by atoms with Crippen molar-refractivity contribution in [3.63, 3.8) is 0 Å². The molecule has 1 aromatic heterocycles. The van der Waals surface area contributed by atoms with Gasteiger partial charge < -0.3 is 0 Å². The molecule has 0 aliphatic heterocycles. The summed E-state index contributed by atoms with van der Waals surface area (Å²) in [5.74, 6) is -0.481. The molecule has 98 valence electrons. The van der Waals surface area contributed by atoms with E-state index in [-0.39, 0.29) is 10.8 Å². The molecule has 0 atom stereocenters. The molecule has 19 heavy (non-hydrogen) atoms. The number of carbonyl (C=O) groups excluding carboxylic acids is 1. The molecule has 2 nitrogen and oxygen atoms in total. The fraction of sp³-hybridized carbons (Fsp3) is 0.200. The van der Waals surface area contributed by atoms with Crippen LogP contribution in [0.15, 0.2) is 36.7 Å². The first-order valence-corrected chi connectivity index (χ1v) is 6.44. The first-order valence-electron chi connectivity index (χ1n) is 6.06. The molecule has 1 aromatic carbocycles. The molecular formula is C15H13ClFNO. The van der Waals surface area contributed by atoms with E-state index in [1.165, 1.54) is 18.5 Å². The normalized spacial score (nSPS) is 10.5. The number of rotatable bonds is 4. The van der Waals surface area contributed by atoms with Crippen LogP contribution in [-0.4, -0.2) is 10.8 Å². The summed E-state index contributed by atoms with van der Waals surface area (Å²) in [5, 5.41) is 0.0581. The fourth-order valence-corrected chi connectivity index (χ4v) is 2.01. The van der Waals surface area contributed by atoms with Crippen molar-refractivity contribution in [1.82, 2.24) is 4.98 Å². The van der Waals surface area contributed by atoms with Gasteiger partial charge >= 0.3 is 0 Å². The zero-order valence-electron chi connectivity index (χ0n) is 10.5. The minimum Gasteiger partial charge on any atom is -0.294 e. The van der Waals surface area contributed by atoms with Crippen molar-refractivity contribution in [3.05, 3.63) is 53.1 Å². The second-order valence-electron chi connectivity index (χ2n) is 4.24. The lowest BCUT2D eigenvalue weighted by atomic mass is 10.0.